The summed E-state index contributed by atoms with van der Waals surface area (Å²) in [6, 6.07) is 3.57. The zero-order chi connectivity index (χ0) is 22.5. The number of benzene rings is 1. The number of hydrazone groups is 1. The van der Waals surface area contributed by atoms with Crippen molar-refractivity contribution in [1.29, 1.82) is 0 Å². The van der Waals surface area contributed by atoms with Crippen LogP contribution in [0.3, 0.4) is 0 Å². The molecular weight excluding hydrogens is 437 g/mol. The van der Waals surface area contributed by atoms with Gasteiger partial charge < -0.3 is 25.9 Å². The Labute approximate surface area is 179 Å². The molecular formula is C19H19F3N4O4S. The molecule has 1 saturated heterocycles. The Morgan fingerprint density at radius 3 is 2.39 bits per heavy atom. The lowest BCUT2D eigenvalue weighted by Crippen LogP contribution is -2.56. The predicted molar refractivity (Wildman–Crippen MR) is 107 cm³/mol. The van der Waals surface area contributed by atoms with Gasteiger partial charge in [0.2, 0.25) is 0 Å². The maximum absolute atomic E-state index is 13.5. The van der Waals surface area contributed by atoms with Gasteiger partial charge in [-0.25, -0.2) is 13.2 Å². The quantitative estimate of drug-likeness (QED) is 0.219. The molecule has 0 bridgehead atoms. The van der Waals surface area contributed by atoms with Crippen molar-refractivity contribution in [2.45, 2.75) is 34.7 Å². The minimum atomic E-state index is -1.64. The third kappa shape index (κ3) is 5.22. The van der Waals surface area contributed by atoms with Crippen molar-refractivity contribution < 1.29 is 33.2 Å². The molecule has 31 heavy (non-hydrogen) atoms. The summed E-state index contributed by atoms with van der Waals surface area (Å²) in [4.78, 5) is 8.69. The van der Waals surface area contributed by atoms with Crippen molar-refractivity contribution in [2.75, 3.05) is 6.61 Å². The number of rotatable bonds is 6. The Bertz CT molecular complexity index is 943. The minimum Gasteiger partial charge on any atom is -0.394 e. The van der Waals surface area contributed by atoms with Gasteiger partial charge in [0.05, 0.1) is 6.61 Å². The number of pyridine rings is 1. The van der Waals surface area contributed by atoms with Crippen LogP contribution in [0.15, 0.2) is 51.6 Å². The number of thioether (sulfide) groups is 1. The van der Waals surface area contributed by atoms with Crippen LogP contribution in [0.5, 0.6) is 0 Å². The second-order valence-electron chi connectivity index (χ2n) is 6.54. The number of aliphatic hydroxyl groups is 3. The average molecular weight is 456 g/mol. The fourth-order valence-electron chi connectivity index (χ4n) is 2.93. The largest absolute Gasteiger partial charge is 0.394 e. The second-order valence-corrected chi connectivity index (χ2v) is 7.72. The molecule has 2 heterocycles. The van der Waals surface area contributed by atoms with E-state index < -0.39 is 53.8 Å². The molecule has 3 unspecified atom stereocenters. The molecule has 0 aliphatic carbocycles. The molecule has 0 amide bonds. The van der Waals surface area contributed by atoms with E-state index >= 15 is 0 Å². The summed E-state index contributed by atoms with van der Waals surface area (Å²) < 4.78 is 45.8. The van der Waals surface area contributed by atoms with Crippen molar-refractivity contribution in [1.82, 2.24) is 4.98 Å². The topological polar surface area (TPSA) is 134 Å². The van der Waals surface area contributed by atoms with Crippen LogP contribution < -0.4 is 5.84 Å². The first-order valence-corrected chi connectivity index (χ1v) is 9.88. The van der Waals surface area contributed by atoms with Gasteiger partial charge in [-0.3, -0.25) is 9.98 Å². The van der Waals surface area contributed by atoms with Crippen LogP contribution >= 0.6 is 11.8 Å². The van der Waals surface area contributed by atoms with Gasteiger partial charge in [-0.2, -0.15) is 5.10 Å². The SMILES string of the molecule is NN=C(C=NC1C(O)[C@@H](Sc2ccncc2)OC(CO)[C@@H]1O)c1cc(F)c(F)c(F)c1. The summed E-state index contributed by atoms with van der Waals surface area (Å²) in [6.45, 7) is -0.542. The van der Waals surface area contributed by atoms with Crippen molar-refractivity contribution in [3.8, 4) is 0 Å². The second kappa shape index (κ2) is 10.2. The van der Waals surface area contributed by atoms with E-state index in [0.717, 1.165) is 22.9 Å². The number of nitrogens with two attached hydrogens (primary N) is 1. The first-order chi connectivity index (χ1) is 14.8. The highest BCUT2D eigenvalue weighted by Crippen LogP contribution is 2.34. The Hall–Kier alpha value is -2.51. The Morgan fingerprint density at radius 2 is 1.81 bits per heavy atom. The summed E-state index contributed by atoms with van der Waals surface area (Å²) >= 11 is 1.14. The smallest absolute Gasteiger partial charge is 0.194 e. The van der Waals surface area contributed by atoms with E-state index in [9.17, 15) is 28.5 Å². The molecule has 1 aliphatic heterocycles. The molecule has 1 aliphatic rings. The van der Waals surface area contributed by atoms with E-state index in [2.05, 4.69) is 15.1 Å². The van der Waals surface area contributed by atoms with Gasteiger partial charge in [0.15, 0.2) is 17.5 Å². The molecule has 0 radical (unpaired) electrons. The Balaban J connectivity index is 1.85. The molecule has 0 spiro atoms. The van der Waals surface area contributed by atoms with Gasteiger partial charge in [0.1, 0.15) is 35.5 Å². The zero-order valence-electron chi connectivity index (χ0n) is 15.8. The van der Waals surface area contributed by atoms with Crippen LogP contribution in [0, 0.1) is 17.5 Å². The van der Waals surface area contributed by atoms with Gasteiger partial charge in [0.25, 0.3) is 0 Å². The lowest BCUT2D eigenvalue weighted by molar-refractivity contribution is -0.159. The zero-order valence-corrected chi connectivity index (χ0v) is 16.7. The van der Waals surface area contributed by atoms with E-state index in [-0.39, 0.29) is 11.3 Å². The van der Waals surface area contributed by atoms with Crippen molar-refractivity contribution >= 4 is 23.7 Å². The molecule has 8 nitrogen and oxygen atoms in total. The fraction of sp³-hybridized carbons (Fsp3) is 0.316. The number of aliphatic hydroxyl groups excluding tert-OH is 3. The van der Waals surface area contributed by atoms with Gasteiger partial charge in [0, 0.05) is 29.1 Å². The highest BCUT2D eigenvalue weighted by molar-refractivity contribution is 7.99. The van der Waals surface area contributed by atoms with E-state index in [1.807, 2.05) is 0 Å². The molecule has 12 heteroatoms. The normalized spacial score (nSPS) is 27.0. The molecule has 0 saturated carbocycles. The molecule has 1 fully saturated rings. The maximum atomic E-state index is 13.5. The molecule has 1 aromatic heterocycles. The van der Waals surface area contributed by atoms with E-state index in [1.165, 1.54) is 0 Å². The van der Waals surface area contributed by atoms with Crippen LogP contribution in [0.2, 0.25) is 0 Å². The number of ether oxygens (including phenoxy) is 1. The van der Waals surface area contributed by atoms with Crippen LogP contribution in [0.25, 0.3) is 0 Å². The molecule has 3 rings (SSSR count). The molecule has 166 valence electrons. The van der Waals surface area contributed by atoms with Gasteiger partial charge in [-0.15, -0.1) is 0 Å². The predicted octanol–water partition coefficient (Wildman–Crippen LogP) is 0.832. The molecule has 5 atom stereocenters. The van der Waals surface area contributed by atoms with Crippen molar-refractivity contribution in [3.63, 3.8) is 0 Å². The monoisotopic (exact) mass is 456 g/mol. The number of aliphatic imine (C=N–C) groups is 1. The number of hydrogen-bond acceptors (Lipinski definition) is 9. The first-order valence-electron chi connectivity index (χ1n) is 9.00. The standard InChI is InChI=1S/C19H19F3N4O4S/c20-11-5-9(6-12(21)15(11)22)13(26-23)7-25-16-17(28)14(8-27)30-19(18(16)29)31-10-1-3-24-4-2-10/h1-7,14,16-19,27-29H,8,23H2/t14?,16?,17-,18?,19+/m0/s1. The van der Waals surface area contributed by atoms with Gasteiger partial charge >= 0.3 is 0 Å². The van der Waals surface area contributed by atoms with Crippen LogP contribution in [-0.4, -0.2) is 68.6 Å². The average Bonchev–Trinajstić information content (AvgIpc) is 2.77. The number of aromatic nitrogens is 1. The van der Waals surface area contributed by atoms with Gasteiger partial charge in [-0.1, -0.05) is 11.8 Å². The van der Waals surface area contributed by atoms with Crippen LogP contribution in [0.4, 0.5) is 13.2 Å². The number of halogens is 3. The lowest BCUT2D eigenvalue weighted by Gasteiger charge is -2.40. The van der Waals surface area contributed by atoms with Crippen LogP contribution in [-0.2, 0) is 4.74 Å². The van der Waals surface area contributed by atoms with E-state index in [4.69, 9.17) is 10.6 Å². The number of hydrogen-bond donors (Lipinski definition) is 4. The Morgan fingerprint density at radius 1 is 1.16 bits per heavy atom. The summed E-state index contributed by atoms with van der Waals surface area (Å²) in [6.07, 6.45) is 0.326. The summed E-state index contributed by atoms with van der Waals surface area (Å²) in [5.41, 5.74) is -1.31. The summed E-state index contributed by atoms with van der Waals surface area (Å²) in [5, 5.41) is 34.1. The first kappa shape index (κ1) is 23.2. The molecule has 2 aromatic rings. The molecule has 5 N–H and O–H groups in total. The minimum absolute atomic E-state index is 0.194. The summed E-state index contributed by atoms with van der Waals surface area (Å²) in [7, 11) is 0. The van der Waals surface area contributed by atoms with Crippen molar-refractivity contribution in [2.24, 2.45) is 15.9 Å². The highest BCUT2D eigenvalue weighted by atomic mass is 32.2. The highest BCUT2D eigenvalue weighted by Gasteiger charge is 2.44. The molecule has 1 aromatic carbocycles. The summed E-state index contributed by atoms with van der Waals surface area (Å²) in [5.74, 6) is 0.745. The number of nitrogens with zero attached hydrogens (tertiary/aromatic N) is 3. The van der Waals surface area contributed by atoms with Crippen LogP contribution in [0.1, 0.15) is 5.56 Å². The Kier molecular flexibility index (Phi) is 7.62. The third-order valence-electron chi connectivity index (χ3n) is 4.54. The maximum Gasteiger partial charge on any atom is 0.194 e. The fourth-order valence-corrected chi connectivity index (χ4v) is 3.98. The lowest BCUT2D eigenvalue weighted by atomic mass is 9.98. The van der Waals surface area contributed by atoms with E-state index in [0.29, 0.717) is 12.1 Å². The third-order valence-corrected chi connectivity index (χ3v) is 5.70. The van der Waals surface area contributed by atoms with Crippen molar-refractivity contribution in [3.05, 3.63) is 59.7 Å². The van der Waals surface area contributed by atoms with Gasteiger partial charge in [-0.05, 0) is 24.3 Å². The van der Waals surface area contributed by atoms with E-state index in [1.54, 1.807) is 24.5 Å².